The summed E-state index contributed by atoms with van der Waals surface area (Å²) >= 11 is 3.44. The van der Waals surface area contributed by atoms with Crippen molar-refractivity contribution in [3.05, 3.63) is 58.1 Å². The number of aryl methyl sites for hydroxylation is 1. The van der Waals surface area contributed by atoms with Crippen molar-refractivity contribution >= 4 is 33.2 Å². The smallest absolute Gasteiger partial charge is 0.243 e. The molecule has 0 saturated heterocycles. The second kappa shape index (κ2) is 5.29. The summed E-state index contributed by atoms with van der Waals surface area (Å²) in [6, 6.07) is 14.4. The number of amides is 1. The first kappa shape index (κ1) is 13.2. The first-order valence-corrected chi connectivity index (χ1v) is 7.31. The predicted molar refractivity (Wildman–Crippen MR) is 85.0 cm³/mol. The lowest BCUT2D eigenvalue weighted by Crippen LogP contribution is -2.37. The van der Waals surface area contributed by atoms with Crippen LogP contribution in [-0.4, -0.2) is 12.5 Å². The number of halogens is 1. The lowest BCUT2D eigenvalue weighted by molar-refractivity contribution is -0.115. The molecule has 2 aromatic rings. The van der Waals surface area contributed by atoms with Gasteiger partial charge in [-0.2, -0.15) is 0 Å². The molecule has 0 unspecified atom stereocenters. The highest BCUT2D eigenvalue weighted by Crippen LogP contribution is 2.32. The van der Waals surface area contributed by atoms with Crippen molar-refractivity contribution in [2.24, 2.45) is 0 Å². The zero-order valence-electron chi connectivity index (χ0n) is 11.2. The number of nitrogens with one attached hydrogen (secondary N) is 1. The highest BCUT2D eigenvalue weighted by atomic mass is 79.9. The maximum atomic E-state index is 11.8. The van der Waals surface area contributed by atoms with Gasteiger partial charge in [0.15, 0.2) is 0 Å². The van der Waals surface area contributed by atoms with Gasteiger partial charge in [0.2, 0.25) is 5.91 Å². The van der Waals surface area contributed by atoms with Crippen LogP contribution in [0.4, 0.5) is 11.4 Å². The second-order valence-electron chi connectivity index (χ2n) is 5.05. The zero-order valence-corrected chi connectivity index (χ0v) is 12.8. The minimum absolute atomic E-state index is 0.0303. The Kier molecular flexibility index (Phi) is 3.49. The van der Waals surface area contributed by atoms with Crippen LogP contribution in [0, 0.1) is 6.92 Å². The summed E-state index contributed by atoms with van der Waals surface area (Å²) in [6.45, 7) is 3.20. The minimum Gasteiger partial charge on any atom is -0.356 e. The van der Waals surface area contributed by atoms with Crippen molar-refractivity contribution in [2.45, 2.75) is 13.5 Å². The largest absolute Gasteiger partial charge is 0.356 e. The Morgan fingerprint density at radius 2 is 1.95 bits per heavy atom. The first-order chi connectivity index (χ1) is 9.61. The Balaban J connectivity index is 1.90. The number of hydrogen-bond donors (Lipinski definition) is 1. The minimum atomic E-state index is 0.0303. The van der Waals surface area contributed by atoms with Crippen molar-refractivity contribution < 1.29 is 4.79 Å². The van der Waals surface area contributed by atoms with Gasteiger partial charge in [0.25, 0.3) is 0 Å². The molecule has 0 spiro atoms. The number of benzene rings is 2. The Bertz CT molecular complexity index is 652. The molecular formula is C16H15BrN2O. The fourth-order valence-corrected chi connectivity index (χ4v) is 2.75. The molecular weight excluding hydrogens is 316 g/mol. The van der Waals surface area contributed by atoms with E-state index in [-0.39, 0.29) is 5.91 Å². The zero-order chi connectivity index (χ0) is 14.1. The summed E-state index contributed by atoms with van der Waals surface area (Å²) in [4.78, 5) is 13.9. The molecule has 0 aliphatic carbocycles. The summed E-state index contributed by atoms with van der Waals surface area (Å²) < 4.78 is 0.966. The van der Waals surface area contributed by atoms with E-state index < -0.39 is 0 Å². The van der Waals surface area contributed by atoms with Crippen LogP contribution in [0.25, 0.3) is 0 Å². The summed E-state index contributed by atoms with van der Waals surface area (Å²) in [6.07, 6.45) is 0. The molecule has 3 nitrogen and oxygen atoms in total. The molecule has 102 valence electrons. The van der Waals surface area contributed by atoms with Gasteiger partial charge in [-0.25, -0.2) is 0 Å². The van der Waals surface area contributed by atoms with E-state index in [1.54, 1.807) is 0 Å². The summed E-state index contributed by atoms with van der Waals surface area (Å²) in [7, 11) is 0. The second-order valence-corrected chi connectivity index (χ2v) is 5.97. The highest BCUT2D eigenvalue weighted by molar-refractivity contribution is 9.10. The van der Waals surface area contributed by atoms with Crippen molar-refractivity contribution in [1.82, 2.24) is 0 Å². The van der Waals surface area contributed by atoms with E-state index >= 15 is 0 Å². The van der Waals surface area contributed by atoms with Crippen LogP contribution >= 0.6 is 15.9 Å². The van der Waals surface area contributed by atoms with Crippen molar-refractivity contribution in [3.8, 4) is 0 Å². The normalized spacial score (nSPS) is 13.9. The molecule has 0 saturated carbocycles. The monoisotopic (exact) mass is 330 g/mol. The Morgan fingerprint density at radius 1 is 1.20 bits per heavy atom. The van der Waals surface area contributed by atoms with E-state index in [4.69, 9.17) is 0 Å². The van der Waals surface area contributed by atoms with Gasteiger partial charge < -0.3 is 10.2 Å². The Labute approximate surface area is 126 Å². The standard InChI is InChI=1S/C16H15BrN2O/c1-11-2-4-12(5-3-11)9-19-10-16(20)18-14-8-13(17)6-7-15(14)19/h2-8H,9-10H2,1H3,(H,18,20). The van der Waals surface area contributed by atoms with Crippen LogP contribution < -0.4 is 10.2 Å². The average molecular weight is 331 g/mol. The van der Waals surface area contributed by atoms with Crippen LogP contribution in [0.3, 0.4) is 0 Å². The van der Waals surface area contributed by atoms with Gasteiger partial charge in [0, 0.05) is 11.0 Å². The van der Waals surface area contributed by atoms with Crippen molar-refractivity contribution in [1.29, 1.82) is 0 Å². The summed E-state index contributed by atoms with van der Waals surface area (Å²) in [5.41, 5.74) is 4.38. The molecule has 1 aliphatic heterocycles. The van der Waals surface area contributed by atoms with E-state index in [2.05, 4.69) is 57.3 Å². The molecule has 1 heterocycles. The molecule has 1 aliphatic rings. The third kappa shape index (κ3) is 2.70. The van der Waals surface area contributed by atoms with Crippen LogP contribution in [0.5, 0.6) is 0 Å². The SMILES string of the molecule is Cc1ccc(CN2CC(=O)Nc3cc(Br)ccc32)cc1. The number of nitrogens with zero attached hydrogens (tertiary/aromatic N) is 1. The molecule has 3 rings (SSSR count). The third-order valence-corrected chi connectivity index (χ3v) is 3.90. The topological polar surface area (TPSA) is 32.3 Å². The number of rotatable bonds is 2. The van der Waals surface area contributed by atoms with E-state index in [1.807, 2.05) is 18.2 Å². The maximum absolute atomic E-state index is 11.8. The van der Waals surface area contributed by atoms with Gasteiger partial charge in [0.05, 0.1) is 17.9 Å². The molecule has 1 N–H and O–H groups in total. The van der Waals surface area contributed by atoms with Gasteiger partial charge in [0.1, 0.15) is 0 Å². The van der Waals surface area contributed by atoms with Gasteiger partial charge in [-0.15, -0.1) is 0 Å². The van der Waals surface area contributed by atoms with Crippen LogP contribution in [0.15, 0.2) is 46.9 Å². The lowest BCUT2D eigenvalue weighted by Gasteiger charge is -2.31. The van der Waals surface area contributed by atoms with Crippen LogP contribution in [0.1, 0.15) is 11.1 Å². The molecule has 0 atom stereocenters. The van der Waals surface area contributed by atoms with E-state index in [1.165, 1.54) is 11.1 Å². The Morgan fingerprint density at radius 3 is 2.70 bits per heavy atom. The molecule has 2 aromatic carbocycles. The molecule has 1 amide bonds. The molecule has 0 fully saturated rings. The van der Waals surface area contributed by atoms with Gasteiger partial charge in [-0.05, 0) is 30.7 Å². The fourth-order valence-electron chi connectivity index (χ4n) is 2.39. The van der Waals surface area contributed by atoms with Gasteiger partial charge >= 0.3 is 0 Å². The first-order valence-electron chi connectivity index (χ1n) is 6.52. The molecule has 0 bridgehead atoms. The molecule has 0 aromatic heterocycles. The quantitative estimate of drug-likeness (QED) is 0.910. The van der Waals surface area contributed by atoms with E-state index in [9.17, 15) is 4.79 Å². The number of anilines is 2. The Hall–Kier alpha value is -1.81. The van der Waals surface area contributed by atoms with Crippen molar-refractivity contribution in [2.75, 3.05) is 16.8 Å². The number of carbonyl (C=O) groups excluding carboxylic acids is 1. The van der Waals surface area contributed by atoms with Crippen LogP contribution in [0.2, 0.25) is 0 Å². The van der Waals surface area contributed by atoms with Gasteiger partial charge in [-0.3, -0.25) is 4.79 Å². The lowest BCUT2D eigenvalue weighted by atomic mass is 10.1. The number of fused-ring (bicyclic) bond motifs is 1. The summed E-state index contributed by atoms with van der Waals surface area (Å²) in [5.74, 6) is 0.0303. The fraction of sp³-hybridized carbons (Fsp3) is 0.188. The predicted octanol–water partition coefficient (Wildman–Crippen LogP) is 3.72. The van der Waals surface area contributed by atoms with Crippen molar-refractivity contribution in [3.63, 3.8) is 0 Å². The third-order valence-electron chi connectivity index (χ3n) is 3.40. The number of hydrogen-bond acceptors (Lipinski definition) is 2. The number of carbonyl (C=O) groups is 1. The summed E-state index contributed by atoms with van der Waals surface area (Å²) in [5, 5.41) is 2.91. The van der Waals surface area contributed by atoms with Crippen LogP contribution in [-0.2, 0) is 11.3 Å². The maximum Gasteiger partial charge on any atom is 0.243 e. The van der Waals surface area contributed by atoms with E-state index in [0.29, 0.717) is 6.54 Å². The highest BCUT2D eigenvalue weighted by Gasteiger charge is 2.21. The molecule has 20 heavy (non-hydrogen) atoms. The molecule has 0 radical (unpaired) electrons. The molecule has 4 heteroatoms. The van der Waals surface area contributed by atoms with Gasteiger partial charge in [-0.1, -0.05) is 45.8 Å². The average Bonchev–Trinajstić information content (AvgIpc) is 2.40. The van der Waals surface area contributed by atoms with E-state index in [0.717, 1.165) is 22.4 Å².